The van der Waals surface area contributed by atoms with Crippen molar-refractivity contribution in [1.29, 1.82) is 0 Å². The van der Waals surface area contributed by atoms with Gasteiger partial charge in [0.2, 0.25) is 0 Å². The highest BCUT2D eigenvalue weighted by molar-refractivity contribution is 6.67. The molecule has 19 heavy (non-hydrogen) atoms. The Morgan fingerprint density at radius 3 is 2.79 bits per heavy atom. The van der Waals surface area contributed by atoms with E-state index in [1.54, 1.807) is 31.3 Å². The van der Waals surface area contributed by atoms with Gasteiger partial charge in [-0.3, -0.25) is 19.2 Å². The van der Waals surface area contributed by atoms with E-state index >= 15 is 0 Å². The molecule has 1 N–H and O–H groups in total. The zero-order valence-corrected chi connectivity index (χ0v) is 10.7. The fraction of sp³-hybridized carbons (Fsp3) is 0.0833. The fourth-order valence-corrected chi connectivity index (χ4v) is 2.31. The highest BCUT2D eigenvalue weighted by atomic mass is 35.5. The van der Waals surface area contributed by atoms with Crippen LogP contribution in [0.1, 0.15) is 10.5 Å². The largest absolute Gasteiger partial charge is 0.325 e. The summed E-state index contributed by atoms with van der Waals surface area (Å²) in [4.78, 5) is 25.1. The third kappa shape index (κ3) is 1.68. The second-order valence-corrected chi connectivity index (χ2v) is 4.38. The van der Waals surface area contributed by atoms with E-state index in [-0.39, 0.29) is 11.6 Å². The quantitative estimate of drug-likeness (QED) is 0.594. The van der Waals surface area contributed by atoms with Crippen molar-refractivity contribution in [2.24, 2.45) is 7.05 Å². The van der Waals surface area contributed by atoms with Gasteiger partial charge in [0, 0.05) is 7.05 Å². The summed E-state index contributed by atoms with van der Waals surface area (Å²) in [5, 5.41) is 6.04. The van der Waals surface area contributed by atoms with Crippen LogP contribution in [0.3, 0.4) is 0 Å². The molecule has 0 spiro atoms. The Balaban J connectivity index is 2.32. The van der Waals surface area contributed by atoms with Crippen molar-refractivity contribution in [2.45, 2.75) is 0 Å². The number of rotatable bonds is 0. The molecule has 0 atom stereocenters. The van der Waals surface area contributed by atoms with Gasteiger partial charge in [-0.25, -0.2) is 0 Å². The highest BCUT2D eigenvalue weighted by Crippen LogP contribution is 2.38. The molecule has 1 aliphatic rings. The minimum absolute atomic E-state index is 0.283. The Morgan fingerprint density at radius 1 is 1.32 bits per heavy atom. The molecule has 0 aliphatic carbocycles. The zero-order valence-electron chi connectivity index (χ0n) is 9.92. The lowest BCUT2D eigenvalue weighted by Gasteiger charge is -2.18. The summed E-state index contributed by atoms with van der Waals surface area (Å²) < 4.78 is 1.41. The van der Waals surface area contributed by atoms with Crippen LogP contribution in [0.5, 0.6) is 0 Å². The number of carbonyl (C=O) groups is 2. The molecule has 0 fully saturated rings. The number of anilines is 3. The first-order chi connectivity index (χ1) is 9.09. The molecule has 0 saturated heterocycles. The van der Waals surface area contributed by atoms with Gasteiger partial charge in [0.15, 0.2) is 5.69 Å². The molecule has 1 aliphatic heterocycles. The molecule has 7 heteroatoms. The minimum Gasteiger partial charge on any atom is -0.319 e. The van der Waals surface area contributed by atoms with Gasteiger partial charge in [-0.05, 0) is 23.7 Å². The summed E-state index contributed by atoms with van der Waals surface area (Å²) in [6.07, 6.45) is 1.44. The highest BCUT2D eigenvalue weighted by Gasteiger charge is 2.31. The van der Waals surface area contributed by atoms with Gasteiger partial charge in [-0.1, -0.05) is 12.1 Å². The van der Waals surface area contributed by atoms with Gasteiger partial charge in [-0.2, -0.15) is 5.10 Å². The van der Waals surface area contributed by atoms with E-state index < -0.39 is 5.37 Å². The van der Waals surface area contributed by atoms with E-state index in [9.17, 15) is 9.59 Å². The zero-order chi connectivity index (χ0) is 13.6. The summed E-state index contributed by atoms with van der Waals surface area (Å²) in [6, 6.07) is 6.95. The predicted molar refractivity (Wildman–Crippen MR) is 71.0 cm³/mol. The topological polar surface area (TPSA) is 67.2 Å². The second kappa shape index (κ2) is 4.10. The lowest BCUT2D eigenvalue weighted by atomic mass is 10.2. The third-order valence-electron chi connectivity index (χ3n) is 2.94. The Labute approximate surface area is 113 Å². The van der Waals surface area contributed by atoms with Crippen LogP contribution in [0.2, 0.25) is 0 Å². The third-order valence-corrected chi connectivity index (χ3v) is 3.11. The van der Waals surface area contributed by atoms with Crippen LogP contribution in [0.25, 0.3) is 0 Å². The van der Waals surface area contributed by atoms with Crippen LogP contribution in [0.4, 0.5) is 21.9 Å². The first-order valence-corrected chi connectivity index (χ1v) is 5.89. The van der Waals surface area contributed by atoms with Crippen molar-refractivity contribution in [3.8, 4) is 0 Å². The molecule has 96 valence electrons. The van der Waals surface area contributed by atoms with Crippen molar-refractivity contribution in [1.82, 2.24) is 9.78 Å². The molecule has 1 aromatic carbocycles. The monoisotopic (exact) mass is 276 g/mol. The summed E-state index contributed by atoms with van der Waals surface area (Å²) in [5.41, 5.74) is 1.69. The van der Waals surface area contributed by atoms with E-state index in [0.717, 1.165) is 0 Å². The van der Waals surface area contributed by atoms with E-state index in [4.69, 9.17) is 11.6 Å². The number of hydrogen-bond acceptors (Lipinski definition) is 3. The van der Waals surface area contributed by atoms with Gasteiger partial charge < -0.3 is 5.32 Å². The van der Waals surface area contributed by atoms with Gasteiger partial charge in [0.05, 0.1) is 17.6 Å². The Morgan fingerprint density at radius 2 is 2.05 bits per heavy atom. The number of amides is 2. The van der Waals surface area contributed by atoms with Crippen molar-refractivity contribution < 1.29 is 9.59 Å². The number of halogens is 1. The van der Waals surface area contributed by atoms with E-state index in [2.05, 4.69) is 10.4 Å². The lowest BCUT2D eigenvalue weighted by molar-refractivity contribution is 0.101. The van der Waals surface area contributed by atoms with Gasteiger partial charge >= 0.3 is 5.37 Å². The summed E-state index contributed by atoms with van der Waals surface area (Å²) >= 11 is 5.65. The second-order valence-electron chi connectivity index (χ2n) is 4.06. The molecule has 1 aromatic heterocycles. The molecule has 2 amide bonds. The average molecular weight is 277 g/mol. The first kappa shape index (κ1) is 11.7. The molecular weight excluding hydrogens is 268 g/mol. The van der Waals surface area contributed by atoms with Crippen molar-refractivity contribution in [3.63, 3.8) is 0 Å². The predicted octanol–water partition coefficient (Wildman–Crippen LogP) is 2.48. The molecule has 2 heterocycles. The molecule has 0 bridgehead atoms. The molecule has 2 aromatic rings. The molecule has 3 rings (SSSR count). The summed E-state index contributed by atoms with van der Waals surface area (Å²) in [5.74, 6) is -0.331. The Bertz CT molecular complexity index is 695. The standard InChI is InChI=1S/C12H9ClN4O2/c1-16-10-9(6-14-16)17(12(13)19)8-5-3-2-4-7(8)15-11(10)18/h2-6H,1H3,(H,15,18). The first-order valence-electron chi connectivity index (χ1n) is 5.51. The molecule has 0 unspecified atom stereocenters. The minimum atomic E-state index is -0.696. The van der Waals surface area contributed by atoms with Crippen molar-refractivity contribution >= 4 is 39.9 Å². The van der Waals surface area contributed by atoms with E-state index in [0.29, 0.717) is 17.1 Å². The summed E-state index contributed by atoms with van der Waals surface area (Å²) in [6.45, 7) is 0. The molecule has 0 saturated carbocycles. The van der Waals surface area contributed by atoms with Crippen molar-refractivity contribution in [3.05, 3.63) is 36.2 Å². The van der Waals surface area contributed by atoms with Gasteiger partial charge in [-0.15, -0.1) is 0 Å². The number of para-hydroxylation sites is 2. The Hall–Kier alpha value is -2.34. The van der Waals surface area contributed by atoms with E-state index in [1.165, 1.54) is 15.8 Å². The van der Waals surface area contributed by atoms with Crippen LogP contribution in [-0.2, 0) is 7.05 Å². The van der Waals surface area contributed by atoms with Crippen LogP contribution in [0, 0.1) is 0 Å². The maximum absolute atomic E-state index is 12.2. The van der Waals surface area contributed by atoms with Crippen LogP contribution in [-0.4, -0.2) is 21.1 Å². The van der Waals surface area contributed by atoms with Crippen molar-refractivity contribution in [2.75, 3.05) is 10.2 Å². The maximum atomic E-state index is 12.2. The molecular formula is C12H9ClN4O2. The number of aromatic nitrogens is 2. The fourth-order valence-electron chi connectivity index (χ4n) is 2.13. The molecule has 6 nitrogen and oxygen atoms in total. The molecule has 0 radical (unpaired) electrons. The average Bonchev–Trinajstić information content (AvgIpc) is 2.67. The SMILES string of the molecule is Cn1ncc2c1C(=O)Nc1ccccc1N2C(=O)Cl. The summed E-state index contributed by atoms with van der Waals surface area (Å²) in [7, 11) is 1.63. The van der Waals surface area contributed by atoms with Gasteiger partial charge in [0.1, 0.15) is 5.69 Å². The van der Waals surface area contributed by atoms with Crippen LogP contribution in [0.15, 0.2) is 30.5 Å². The number of nitrogens with zero attached hydrogens (tertiary/aromatic N) is 3. The Kier molecular flexibility index (Phi) is 2.53. The number of fused-ring (bicyclic) bond motifs is 2. The van der Waals surface area contributed by atoms with E-state index in [1.807, 2.05) is 0 Å². The maximum Gasteiger partial charge on any atom is 0.325 e. The number of hydrogen-bond donors (Lipinski definition) is 1. The number of nitrogens with one attached hydrogen (secondary N) is 1. The smallest absolute Gasteiger partial charge is 0.319 e. The normalized spacial score (nSPS) is 13.4. The number of benzene rings is 1. The number of carbonyl (C=O) groups excluding carboxylic acids is 2. The number of aryl methyl sites for hydroxylation is 1. The van der Waals surface area contributed by atoms with Crippen LogP contribution >= 0.6 is 11.6 Å². The van der Waals surface area contributed by atoms with Crippen LogP contribution < -0.4 is 10.2 Å². The van der Waals surface area contributed by atoms with Gasteiger partial charge in [0.25, 0.3) is 5.91 Å². The lowest BCUT2D eigenvalue weighted by Crippen LogP contribution is -2.20.